The Morgan fingerprint density at radius 1 is 0.655 bits per heavy atom. The van der Waals surface area contributed by atoms with Crippen LogP contribution in [0.15, 0.2) is 72.9 Å². The van der Waals surface area contributed by atoms with Gasteiger partial charge in [-0.15, -0.1) is 0 Å². The molecule has 3 atom stereocenters. The summed E-state index contributed by atoms with van der Waals surface area (Å²) >= 11 is 0. The van der Waals surface area contributed by atoms with Gasteiger partial charge in [0.25, 0.3) is 7.82 Å². The summed E-state index contributed by atoms with van der Waals surface area (Å²) in [4.78, 5) is 25.2. The smallest absolute Gasteiger partial charge is 0.268 e. The van der Waals surface area contributed by atoms with Crippen LogP contribution < -0.4 is 10.2 Å². The minimum Gasteiger partial charge on any atom is -0.756 e. The van der Waals surface area contributed by atoms with Gasteiger partial charge in [0.05, 0.1) is 39.9 Å². The van der Waals surface area contributed by atoms with Crippen molar-refractivity contribution in [3.63, 3.8) is 0 Å². The number of allylic oxidation sites excluding steroid dienone is 11. The van der Waals surface area contributed by atoms with Crippen molar-refractivity contribution in [2.75, 3.05) is 40.9 Å². The molecule has 8 nitrogen and oxygen atoms in total. The molecule has 0 heterocycles. The van der Waals surface area contributed by atoms with E-state index < -0.39 is 26.6 Å². The molecule has 0 bridgehead atoms. The van der Waals surface area contributed by atoms with Gasteiger partial charge in [-0.1, -0.05) is 170 Å². The lowest BCUT2D eigenvalue weighted by atomic mass is 10.0. The number of aliphatic hydroxyl groups excluding tert-OH is 1. The van der Waals surface area contributed by atoms with E-state index in [2.05, 4.69) is 67.8 Å². The molecule has 0 aromatic rings. The number of phosphoric ester groups is 1. The molecule has 1 amide bonds. The number of hydrogen-bond acceptors (Lipinski definition) is 6. The molecule has 55 heavy (non-hydrogen) atoms. The fraction of sp³-hybridized carbons (Fsp3) is 0.717. The zero-order valence-corrected chi connectivity index (χ0v) is 36.7. The molecule has 9 heteroatoms. The summed E-state index contributed by atoms with van der Waals surface area (Å²) in [6.45, 7) is 4.43. The standard InChI is InChI=1S/C46H83N2O6P/c1-6-8-10-12-14-16-18-20-21-22-23-24-25-26-28-29-31-33-35-37-39-45(49)44(43-54-55(51,52)53-42-41-48(3,4)5)47-46(50)40-38-36-34-32-30-27-19-17-15-13-11-9-7-2/h9,11,15,17,27,29-31,34,36-37,39,44-45,49H,6-8,10,12-14,16,18-26,28,32-33,35,38,40-43H2,1-5H3,(H-,47,50,51,52)/b11-9-,17-15-,30-27-,31-29+,36-34-,39-37+. The Kier molecular flexibility index (Phi) is 36.1. The molecule has 0 aromatic heterocycles. The van der Waals surface area contributed by atoms with Crippen LogP contribution in [0.1, 0.15) is 162 Å². The van der Waals surface area contributed by atoms with Gasteiger partial charge in [-0.2, -0.15) is 0 Å². The van der Waals surface area contributed by atoms with E-state index in [9.17, 15) is 19.4 Å². The Morgan fingerprint density at radius 2 is 1.13 bits per heavy atom. The summed E-state index contributed by atoms with van der Waals surface area (Å²) in [5.41, 5.74) is 0. The van der Waals surface area contributed by atoms with E-state index in [1.54, 1.807) is 6.08 Å². The lowest BCUT2D eigenvalue weighted by molar-refractivity contribution is -0.870. The minimum absolute atomic E-state index is 0.0223. The summed E-state index contributed by atoms with van der Waals surface area (Å²) in [6.07, 6.45) is 49.8. The van der Waals surface area contributed by atoms with Crippen molar-refractivity contribution in [2.24, 2.45) is 0 Å². The first-order chi connectivity index (χ1) is 26.5. The lowest BCUT2D eigenvalue weighted by Crippen LogP contribution is -2.45. The molecular formula is C46H83N2O6P. The van der Waals surface area contributed by atoms with Crippen LogP contribution in [-0.2, 0) is 18.4 Å². The van der Waals surface area contributed by atoms with Crippen molar-refractivity contribution in [1.82, 2.24) is 5.32 Å². The van der Waals surface area contributed by atoms with Gasteiger partial charge < -0.3 is 28.8 Å². The fourth-order valence-corrected chi connectivity index (χ4v) is 6.43. The zero-order chi connectivity index (χ0) is 40.7. The molecule has 0 fully saturated rings. The van der Waals surface area contributed by atoms with Crippen LogP contribution in [0.5, 0.6) is 0 Å². The fourth-order valence-electron chi connectivity index (χ4n) is 5.71. The Balaban J connectivity index is 4.56. The predicted molar refractivity (Wildman–Crippen MR) is 233 cm³/mol. The molecular weight excluding hydrogens is 707 g/mol. The van der Waals surface area contributed by atoms with Crippen molar-refractivity contribution in [1.29, 1.82) is 0 Å². The number of unbranched alkanes of at least 4 members (excludes halogenated alkanes) is 15. The molecule has 0 aliphatic rings. The summed E-state index contributed by atoms with van der Waals surface area (Å²) in [5.74, 6) is -0.290. The molecule has 2 N–H and O–H groups in total. The van der Waals surface area contributed by atoms with Crippen molar-refractivity contribution >= 4 is 13.7 Å². The van der Waals surface area contributed by atoms with Crippen molar-refractivity contribution in [3.8, 4) is 0 Å². The van der Waals surface area contributed by atoms with Crippen molar-refractivity contribution < 1.29 is 32.9 Å². The number of nitrogens with zero attached hydrogens (tertiary/aromatic N) is 1. The van der Waals surface area contributed by atoms with E-state index in [-0.39, 0.29) is 18.9 Å². The molecule has 0 saturated carbocycles. The highest BCUT2D eigenvalue weighted by atomic mass is 31.2. The number of carbonyl (C=O) groups is 1. The van der Waals surface area contributed by atoms with E-state index in [1.807, 2.05) is 39.4 Å². The van der Waals surface area contributed by atoms with E-state index in [1.165, 1.54) is 89.9 Å². The number of carbonyl (C=O) groups excluding carboxylic acids is 1. The third-order valence-corrected chi connectivity index (χ3v) is 10.1. The van der Waals surface area contributed by atoms with Crippen LogP contribution in [0.25, 0.3) is 0 Å². The number of amides is 1. The first-order valence-electron chi connectivity index (χ1n) is 21.8. The number of aliphatic hydroxyl groups is 1. The molecule has 318 valence electrons. The van der Waals surface area contributed by atoms with Gasteiger partial charge >= 0.3 is 0 Å². The van der Waals surface area contributed by atoms with Crippen molar-refractivity contribution in [2.45, 2.75) is 174 Å². The van der Waals surface area contributed by atoms with Gasteiger partial charge in [0.15, 0.2) is 0 Å². The second-order valence-electron chi connectivity index (χ2n) is 15.7. The average Bonchev–Trinajstić information content (AvgIpc) is 3.13. The van der Waals surface area contributed by atoms with Crippen LogP contribution in [0.2, 0.25) is 0 Å². The molecule has 0 aromatic carbocycles. The number of nitrogens with one attached hydrogen (secondary N) is 1. The molecule has 3 unspecified atom stereocenters. The summed E-state index contributed by atoms with van der Waals surface area (Å²) in [7, 11) is 1.19. The van der Waals surface area contributed by atoms with E-state index in [4.69, 9.17) is 9.05 Å². The van der Waals surface area contributed by atoms with Crippen LogP contribution in [-0.4, -0.2) is 68.5 Å². The SMILES string of the molecule is CC/C=C\C/C=C\C/C=C\C/C=C\CCC(=O)NC(COP(=O)([O-])OCC[N+](C)(C)C)C(O)/C=C/CC/C=C/CCCCCCCCCCCCCCCC. The van der Waals surface area contributed by atoms with E-state index in [0.717, 1.165) is 44.9 Å². The Hall–Kier alpha value is -2.06. The summed E-state index contributed by atoms with van der Waals surface area (Å²) in [6, 6.07) is -0.943. The van der Waals surface area contributed by atoms with E-state index >= 15 is 0 Å². The van der Waals surface area contributed by atoms with Crippen LogP contribution in [0.4, 0.5) is 0 Å². The van der Waals surface area contributed by atoms with Gasteiger partial charge in [-0.25, -0.2) is 0 Å². The molecule has 0 spiro atoms. The third kappa shape index (κ3) is 40.0. The maximum absolute atomic E-state index is 12.8. The molecule has 0 rings (SSSR count). The Labute approximate surface area is 338 Å². The van der Waals surface area contributed by atoms with Gasteiger partial charge in [0.1, 0.15) is 13.2 Å². The quantitative estimate of drug-likeness (QED) is 0.0279. The first-order valence-corrected chi connectivity index (χ1v) is 23.3. The Bertz CT molecular complexity index is 1120. The summed E-state index contributed by atoms with van der Waals surface area (Å²) < 4.78 is 23.1. The molecule has 0 saturated heterocycles. The lowest BCUT2D eigenvalue weighted by Gasteiger charge is -2.29. The maximum Gasteiger partial charge on any atom is 0.268 e. The zero-order valence-electron chi connectivity index (χ0n) is 35.9. The maximum atomic E-state index is 12.8. The summed E-state index contributed by atoms with van der Waals surface area (Å²) in [5, 5.41) is 13.7. The third-order valence-electron chi connectivity index (χ3n) is 9.16. The topological polar surface area (TPSA) is 108 Å². The van der Waals surface area contributed by atoms with Crippen molar-refractivity contribution in [3.05, 3.63) is 72.9 Å². The van der Waals surface area contributed by atoms with Gasteiger partial charge in [-0.05, 0) is 57.8 Å². The van der Waals surface area contributed by atoms with Crippen LogP contribution in [0.3, 0.4) is 0 Å². The monoisotopic (exact) mass is 791 g/mol. The van der Waals surface area contributed by atoms with Gasteiger partial charge in [-0.3, -0.25) is 9.36 Å². The highest BCUT2D eigenvalue weighted by Crippen LogP contribution is 2.38. The Morgan fingerprint density at radius 3 is 1.67 bits per heavy atom. The molecule has 0 aliphatic heterocycles. The highest BCUT2D eigenvalue weighted by molar-refractivity contribution is 7.45. The number of phosphoric acid groups is 1. The van der Waals surface area contributed by atoms with E-state index in [0.29, 0.717) is 17.4 Å². The van der Waals surface area contributed by atoms with Crippen LogP contribution in [0, 0.1) is 0 Å². The number of rotatable bonds is 38. The molecule has 0 radical (unpaired) electrons. The number of hydrogen-bond donors (Lipinski definition) is 2. The highest BCUT2D eigenvalue weighted by Gasteiger charge is 2.23. The number of quaternary nitrogens is 1. The second kappa shape index (κ2) is 37.5. The van der Waals surface area contributed by atoms with Crippen LogP contribution >= 0.6 is 7.82 Å². The minimum atomic E-state index is -4.62. The number of likely N-dealkylation sites (N-methyl/N-ethyl adjacent to an activating group) is 1. The predicted octanol–water partition coefficient (Wildman–Crippen LogP) is 11.4. The largest absolute Gasteiger partial charge is 0.756 e. The first kappa shape index (κ1) is 52.9. The normalized spacial score (nSPS) is 15.1. The van der Waals surface area contributed by atoms with Gasteiger partial charge in [0, 0.05) is 6.42 Å². The average molecular weight is 791 g/mol. The van der Waals surface area contributed by atoms with Gasteiger partial charge in [0.2, 0.25) is 5.91 Å². The second-order valence-corrected chi connectivity index (χ2v) is 17.1. The molecule has 0 aliphatic carbocycles.